The van der Waals surface area contributed by atoms with E-state index in [0.29, 0.717) is 35.2 Å². The van der Waals surface area contributed by atoms with Crippen LogP contribution in [0.5, 0.6) is 0 Å². The van der Waals surface area contributed by atoms with E-state index >= 15 is 0 Å². The number of rotatable bonds is 4. The SMILES string of the molecule is C=C(C)[C@@H]1CC[C@]2(NC(=O)OC)CC[C@]3(C)[C@H](CC[C@@H]4[C@@]5(C)CC=C(c6ccc(C(=O)O)cc6)C(C)(C)[C@@H]5CC[C@]43C)[C@@H]12. The second-order valence-corrected chi connectivity index (χ2v) is 16.4. The summed E-state index contributed by atoms with van der Waals surface area (Å²) >= 11 is 0. The van der Waals surface area contributed by atoms with Gasteiger partial charge in [-0.2, -0.15) is 0 Å². The number of carbonyl (C=O) groups excluding carboxylic acids is 1. The normalized spacial score (nSPS) is 42.8. The molecular weight excluding hydrogens is 534 g/mol. The van der Waals surface area contributed by atoms with Crippen LogP contribution in [-0.2, 0) is 4.74 Å². The first kappa shape index (κ1) is 30.5. The molecule has 5 heteroatoms. The van der Waals surface area contributed by atoms with Crippen LogP contribution in [0.1, 0.15) is 115 Å². The fourth-order valence-electron chi connectivity index (χ4n) is 12.5. The van der Waals surface area contributed by atoms with Crippen LogP contribution in [0.3, 0.4) is 0 Å². The van der Waals surface area contributed by atoms with Crippen LogP contribution < -0.4 is 5.32 Å². The number of benzene rings is 1. The van der Waals surface area contributed by atoms with E-state index in [9.17, 15) is 14.7 Å². The quantitative estimate of drug-likeness (QED) is 0.345. The molecule has 0 radical (unpaired) electrons. The van der Waals surface area contributed by atoms with Crippen molar-refractivity contribution in [1.29, 1.82) is 0 Å². The molecule has 2 N–H and O–H groups in total. The average Bonchev–Trinajstić information content (AvgIpc) is 3.33. The average molecular weight is 588 g/mol. The van der Waals surface area contributed by atoms with E-state index in [1.165, 1.54) is 43.9 Å². The third-order valence-electron chi connectivity index (χ3n) is 14.6. The number of hydrogen-bond donors (Lipinski definition) is 2. The molecule has 1 amide bonds. The molecule has 4 saturated carbocycles. The molecule has 43 heavy (non-hydrogen) atoms. The summed E-state index contributed by atoms with van der Waals surface area (Å²) in [6.45, 7) is 19.4. The first-order valence-electron chi connectivity index (χ1n) is 16.7. The molecule has 0 aromatic heterocycles. The summed E-state index contributed by atoms with van der Waals surface area (Å²) in [7, 11) is 1.49. The van der Waals surface area contributed by atoms with Crippen LogP contribution in [0, 0.1) is 51.2 Å². The van der Waals surface area contributed by atoms with Crippen molar-refractivity contribution in [2.24, 2.45) is 51.2 Å². The topological polar surface area (TPSA) is 75.6 Å². The van der Waals surface area contributed by atoms with E-state index in [-0.39, 0.29) is 33.3 Å². The number of ether oxygens (including phenoxy) is 1. The Morgan fingerprint density at radius 1 is 0.907 bits per heavy atom. The Labute approximate surface area is 258 Å². The van der Waals surface area contributed by atoms with Crippen molar-refractivity contribution in [3.05, 3.63) is 53.6 Å². The van der Waals surface area contributed by atoms with Crippen molar-refractivity contribution in [1.82, 2.24) is 5.32 Å². The molecule has 4 fully saturated rings. The van der Waals surface area contributed by atoms with Gasteiger partial charge in [-0.15, -0.1) is 0 Å². The number of methoxy groups -OCH3 is 1. The minimum absolute atomic E-state index is 0.000519. The summed E-state index contributed by atoms with van der Waals surface area (Å²) < 4.78 is 5.16. The maximum Gasteiger partial charge on any atom is 0.407 e. The predicted molar refractivity (Wildman–Crippen MR) is 172 cm³/mol. The van der Waals surface area contributed by atoms with E-state index in [1.807, 2.05) is 12.1 Å². The Balaban J connectivity index is 1.36. The molecule has 5 nitrogen and oxygen atoms in total. The second kappa shape index (κ2) is 9.97. The minimum Gasteiger partial charge on any atom is -0.478 e. The number of nitrogens with one attached hydrogen (secondary N) is 1. The number of fused-ring (bicyclic) bond motifs is 7. The van der Waals surface area contributed by atoms with Crippen molar-refractivity contribution in [2.45, 2.75) is 105 Å². The van der Waals surface area contributed by atoms with E-state index in [0.717, 1.165) is 37.7 Å². The molecule has 5 aliphatic rings. The van der Waals surface area contributed by atoms with Gasteiger partial charge < -0.3 is 15.2 Å². The third-order valence-corrected chi connectivity index (χ3v) is 14.6. The number of carboxylic acids is 1. The summed E-state index contributed by atoms with van der Waals surface area (Å²) in [5, 5.41) is 12.8. The van der Waals surface area contributed by atoms with Gasteiger partial charge in [-0.3, -0.25) is 0 Å². The number of aromatic carboxylic acids is 1. The number of carbonyl (C=O) groups is 2. The van der Waals surface area contributed by atoms with Crippen LogP contribution in [0.15, 0.2) is 42.5 Å². The molecule has 1 aromatic carbocycles. The fraction of sp³-hybridized carbons (Fsp3) is 0.684. The third kappa shape index (κ3) is 4.15. The molecular formula is C38H53NO4. The maximum atomic E-state index is 12.7. The highest BCUT2D eigenvalue weighted by molar-refractivity contribution is 5.88. The lowest BCUT2D eigenvalue weighted by atomic mass is 9.33. The Morgan fingerprint density at radius 3 is 2.23 bits per heavy atom. The standard InChI is InChI=1S/C38H53NO4/c1-23(2)26-15-20-38(39-33(42)43-8)22-21-36(6)28(31(26)38)13-14-30-35(5)18-16-27(24-9-11-25(12-10-24)32(40)41)34(3,4)29(35)17-19-37(30,36)7/h9-12,16,26,28-31H,1,13-15,17-22H2,2-8H3,(H,39,42)(H,40,41)/t26-,28+,29-,30+,31+,35-,36+,37+,38-/m0/s1. The highest BCUT2D eigenvalue weighted by Crippen LogP contribution is 2.76. The molecule has 6 rings (SSSR count). The van der Waals surface area contributed by atoms with Gasteiger partial charge in [0, 0.05) is 5.54 Å². The summed E-state index contributed by atoms with van der Waals surface area (Å²) in [5.74, 6) is 1.74. The Bertz CT molecular complexity index is 1360. The molecule has 234 valence electrons. The molecule has 0 unspecified atom stereocenters. The van der Waals surface area contributed by atoms with Crippen molar-refractivity contribution >= 4 is 17.6 Å². The van der Waals surface area contributed by atoms with Crippen LogP contribution >= 0.6 is 0 Å². The summed E-state index contributed by atoms with van der Waals surface area (Å²) in [6, 6.07) is 7.52. The predicted octanol–water partition coefficient (Wildman–Crippen LogP) is 9.14. The molecule has 0 aliphatic heterocycles. The minimum atomic E-state index is -0.875. The van der Waals surface area contributed by atoms with Crippen LogP contribution in [0.2, 0.25) is 0 Å². The molecule has 1 aromatic rings. The van der Waals surface area contributed by atoms with Crippen LogP contribution in [-0.4, -0.2) is 29.8 Å². The van der Waals surface area contributed by atoms with E-state index in [2.05, 4.69) is 59.5 Å². The van der Waals surface area contributed by atoms with Crippen molar-refractivity contribution in [3.63, 3.8) is 0 Å². The number of amides is 1. The first-order chi connectivity index (χ1) is 20.1. The number of allylic oxidation sites excluding steroid dienone is 3. The smallest absolute Gasteiger partial charge is 0.407 e. The molecule has 0 heterocycles. The highest BCUT2D eigenvalue weighted by Gasteiger charge is 2.70. The Morgan fingerprint density at radius 2 is 1.60 bits per heavy atom. The number of carboxylic acid groups (broad SMARTS) is 1. The zero-order valence-corrected chi connectivity index (χ0v) is 27.5. The van der Waals surface area contributed by atoms with E-state index in [1.54, 1.807) is 12.1 Å². The van der Waals surface area contributed by atoms with Gasteiger partial charge in [-0.1, -0.05) is 65.0 Å². The zero-order chi connectivity index (χ0) is 31.2. The molecule has 5 aliphatic carbocycles. The van der Waals surface area contributed by atoms with Gasteiger partial charge in [0.05, 0.1) is 12.7 Å². The van der Waals surface area contributed by atoms with Crippen molar-refractivity contribution < 1.29 is 19.4 Å². The maximum absolute atomic E-state index is 12.7. The monoisotopic (exact) mass is 587 g/mol. The largest absolute Gasteiger partial charge is 0.478 e. The lowest BCUT2D eigenvalue weighted by Gasteiger charge is -2.72. The molecule has 0 bridgehead atoms. The van der Waals surface area contributed by atoms with Crippen molar-refractivity contribution in [2.75, 3.05) is 7.11 Å². The van der Waals surface area contributed by atoms with Crippen molar-refractivity contribution in [3.8, 4) is 0 Å². The molecule has 0 saturated heterocycles. The van der Waals surface area contributed by atoms with E-state index in [4.69, 9.17) is 4.74 Å². The second-order valence-electron chi connectivity index (χ2n) is 16.4. The zero-order valence-electron chi connectivity index (χ0n) is 27.5. The van der Waals surface area contributed by atoms with Gasteiger partial charge >= 0.3 is 12.1 Å². The Kier molecular flexibility index (Phi) is 7.07. The summed E-state index contributed by atoms with van der Waals surface area (Å²) in [6.07, 6.45) is 12.5. The summed E-state index contributed by atoms with van der Waals surface area (Å²) in [5.41, 5.74) is 4.60. The lowest BCUT2D eigenvalue weighted by Crippen LogP contribution is -2.68. The Hall–Kier alpha value is -2.56. The van der Waals surface area contributed by atoms with Gasteiger partial charge in [0.15, 0.2) is 0 Å². The van der Waals surface area contributed by atoms with Gasteiger partial charge in [0.25, 0.3) is 0 Å². The lowest BCUT2D eigenvalue weighted by molar-refractivity contribution is -0.218. The molecule has 9 atom stereocenters. The highest BCUT2D eigenvalue weighted by atomic mass is 16.5. The van der Waals surface area contributed by atoms with E-state index < -0.39 is 5.97 Å². The summed E-state index contributed by atoms with van der Waals surface area (Å²) in [4.78, 5) is 24.2. The van der Waals surface area contributed by atoms with Gasteiger partial charge in [-0.05, 0) is 139 Å². The molecule has 0 spiro atoms. The number of hydrogen-bond acceptors (Lipinski definition) is 3. The fourth-order valence-corrected chi connectivity index (χ4v) is 12.5. The van der Waals surface area contributed by atoms with Crippen LogP contribution in [0.4, 0.5) is 4.79 Å². The van der Waals surface area contributed by atoms with Gasteiger partial charge in [0.2, 0.25) is 0 Å². The first-order valence-corrected chi connectivity index (χ1v) is 16.7. The van der Waals surface area contributed by atoms with Gasteiger partial charge in [-0.25, -0.2) is 9.59 Å². The number of alkyl carbamates (subject to hydrolysis) is 1. The van der Waals surface area contributed by atoms with Gasteiger partial charge in [0.1, 0.15) is 0 Å². The van der Waals surface area contributed by atoms with Crippen LogP contribution in [0.25, 0.3) is 5.57 Å².